The molecule has 1 saturated heterocycles. The highest BCUT2D eigenvalue weighted by atomic mass is 16.5. The van der Waals surface area contributed by atoms with Crippen LogP contribution in [0, 0.1) is 0 Å². The summed E-state index contributed by atoms with van der Waals surface area (Å²) in [7, 11) is 0. The van der Waals surface area contributed by atoms with Crippen LogP contribution in [-0.2, 0) is 4.74 Å². The molecule has 1 N–H and O–H groups in total. The summed E-state index contributed by atoms with van der Waals surface area (Å²) in [6, 6.07) is 0. The zero-order valence-electron chi connectivity index (χ0n) is 13.1. The van der Waals surface area contributed by atoms with Crippen LogP contribution in [0.15, 0.2) is 0 Å². The van der Waals surface area contributed by atoms with Crippen molar-refractivity contribution < 1.29 is 4.74 Å². The number of nitrogens with zero attached hydrogens (tertiary/aromatic N) is 1. The molecule has 0 bridgehead atoms. The molecule has 0 amide bonds. The summed E-state index contributed by atoms with van der Waals surface area (Å²) in [6.07, 6.45) is 8.05. The lowest BCUT2D eigenvalue weighted by Crippen LogP contribution is -2.68. The molecule has 112 valence electrons. The van der Waals surface area contributed by atoms with Crippen molar-refractivity contribution in [3.8, 4) is 0 Å². The van der Waals surface area contributed by atoms with Crippen LogP contribution >= 0.6 is 0 Å². The predicted molar refractivity (Wildman–Crippen MR) is 80.6 cm³/mol. The summed E-state index contributed by atoms with van der Waals surface area (Å²) >= 11 is 0. The van der Waals surface area contributed by atoms with E-state index in [9.17, 15) is 0 Å². The summed E-state index contributed by atoms with van der Waals surface area (Å²) in [5.74, 6) is 0. The van der Waals surface area contributed by atoms with Gasteiger partial charge in [0.2, 0.25) is 0 Å². The van der Waals surface area contributed by atoms with Gasteiger partial charge in [0.05, 0.1) is 6.61 Å². The molecule has 2 aliphatic rings. The first-order chi connectivity index (χ1) is 9.08. The summed E-state index contributed by atoms with van der Waals surface area (Å²) in [5.41, 5.74) is 0.663. The molecule has 0 radical (unpaired) electrons. The summed E-state index contributed by atoms with van der Waals surface area (Å²) in [5, 5.41) is 3.87. The lowest BCUT2D eigenvalue weighted by molar-refractivity contribution is -0.00918. The molecule has 0 aromatic carbocycles. The topological polar surface area (TPSA) is 24.5 Å². The van der Waals surface area contributed by atoms with E-state index in [1.807, 2.05) is 0 Å². The van der Waals surface area contributed by atoms with Crippen molar-refractivity contribution in [2.24, 2.45) is 0 Å². The van der Waals surface area contributed by atoms with Crippen LogP contribution < -0.4 is 5.32 Å². The van der Waals surface area contributed by atoms with Crippen molar-refractivity contribution in [1.29, 1.82) is 0 Å². The first-order valence-electron chi connectivity index (χ1n) is 8.16. The highest BCUT2D eigenvalue weighted by Gasteiger charge is 2.42. The van der Waals surface area contributed by atoms with Gasteiger partial charge < -0.3 is 10.1 Å². The number of hydrogen-bond acceptors (Lipinski definition) is 3. The van der Waals surface area contributed by atoms with Crippen LogP contribution in [0.1, 0.15) is 59.3 Å². The maximum absolute atomic E-state index is 5.69. The molecule has 1 saturated carbocycles. The van der Waals surface area contributed by atoms with Gasteiger partial charge in [-0.1, -0.05) is 26.2 Å². The SMILES string of the molecule is CCCOCCN1CC2(CCCCC2)NCC1(C)C. The van der Waals surface area contributed by atoms with E-state index < -0.39 is 0 Å². The zero-order valence-corrected chi connectivity index (χ0v) is 13.1. The summed E-state index contributed by atoms with van der Waals surface area (Å²) < 4.78 is 5.69. The lowest BCUT2D eigenvalue weighted by Gasteiger charge is -2.53. The van der Waals surface area contributed by atoms with Crippen molar-refractivity contribution >= 4 is 0 Å². The van der Waals surface area contributed by atoms with Crippen molar-refractivity contribution in [1.82, 2.24) is 10.2 Å². The van der Waals surface area contributed by atoms with E-state index in [0.717, 1.165) is 32.7 Å². The summed E-state index contributed by atoms with van der Waals surface area (Å²) in [4.78, 5) is 2.66. The molecule has 19 heavy (non-hydrogen) atoms. The average molecular weight is 268 g/mol. The lowest BCUT2D eigenvalue weighted by atomic mass is 9.78. The molecule has 1 spiro atoms. The van der Waals surface area contributed by atoms with E-state index in [1.165, 1.54) is 38.6 Å². The van der Waals surface area contributed by atoms with Crippen LogP contribution in [0.3, 0.4) is 0 Å². The Balaban J connectivity index is 1.89. The highest BCUT2D eigenvalue weighted by Crippen LogP contribution is 2.34. The fourth-order valence-corrected chi connectivity index (χ4v) is 3.52. The molecule has 0 aromatic heterocycles. The molecule has 1 aliphatic carbocycles. The van der Waals surface area contributed by atoms with Crippen LogP contribution in [0.25, 0.3) is 0 Å². The minimum atomic E-state index is 0.262. The normalized spacial score (nSPS) is 26.7. The van der Waals surface area contributed by atoms with Gasteiger partial charge >= 0.3 is 0 Å². The van der Waals surface area contributed by atoms with Crippen molar-refractivity contribution in [3.05, 3.63) is 0 Å². The Bertz CT molecular complexity index is 272. The fraction of sp³-hybridized carbons (Fsp3) is 1.00. The van der Waals surface area contributed by atoms with Crippen molar-refractivity contribution in [2.75, 3.05) is 32.8 Å². The molecule has 0 unspecified atom stereocenters. The Morgan fingerprint density at radius 1 is 1.11 bits per heavy atom. The smallest absolute Gasteiger partial charge is 0.0593 e. The predicted octanol–water partition coefficient (Wildman–Crippen LogP) is 2.80. The maximum atomic E-state index is 5.69. The largest absolute Gasteiger partial charge is 0.380 e. The molecule has 3 heteroatoms. The van der Waals surface area contributed by atoms with E-state index in [4.69, 9.17) is 4.74 Å². The van der Waals surface area contributed by atoms with Gasteiger partial charge in [-0.3, -0.25) is 4.90 Å². The number of hydrogen-bond donors (Lipinski definition) is 1. The van der Waals surface area contributed by atoms with Gasteiger partial charge in [0.15, 0.2) is 0 Å². The van der Waals surface area contributed by atoms with E-state index in [0.29, 0.717) is 5.54 Å². The Morgan fingerprint density at radius 2 is 1.84 bits per heavy atom. The highest BCUT2D eigenvalue weighted by molar-refractivity contribution is 5.02. The maximum Gasteiger partial charge on any atom is 0.0593 e. The Kier molecular flexibility index (Phi) is 5.27. The Morgan fingerprint density at radius 3 is 2.53 bits per heavy atom. The molecular weight excluding hydrogens is 236 g/mol. The minimum absolute atomic E-state index is 0.262. The van der Waals surface area contributed by atoms with Crippen molar-refractivity contribution in [2.45, 2.75) is 70.4 Å². The van der Waals surface area contributed by atoms with Crippen molar-refractivity contribution in [3.63, 3.8) is 0 Å². The Hall–Kier alpha value is -0.120. The summed E-state index contributed by atoms with van der Waals surface area (Å²) in [6.45, 7) is 12.1. The average Bonchev–Trinajstić information content (AvgIpc) is 2.40. The standard InChI is InChI=1S/C16H32N2O/c1-4-11-19-12-10-18-14-16(8-6-5-7-9-16)17-13-15(18,2)3/h17H,4-14H2,1-3H3. The zero-order chi connectivity index (χ0) is 13.8. The van der Waals surface area contributed by atoms with E-state index in [2.05, 4.69) is 31.0 Å². The first-order valence-corrected chi connectivity index (χ1v) is 8.16. The van der Waals surface area contributed by atoms with Crippen LogP contribution in [0.5, 0.6) is 0 Å². The van der Waals surface area contributed by atoms with Gasteiger partial charge in [-0.15, -0.1) is 0 Å². The minimum Gasteiger partial charge on any atom is -0.380 e. The van der Waals surface area contributed by atoms with E-state index in [-0.39, 0.29) is 5.54 Å². The van der Waals surface area contributed by atoms with Gasteiger partial charge in [0.1, 0.15) is 0 Å². The second kappa shape index (κ2) is 6.55. The number of piperazine rings is 1. The van der Waals surface area contributed by atoms with Gasteiger partial charge in [-0.05, 0) is 33.1 Å². The monoisotopic (exact) mass is 268 g/mol. The number of rotatable bonds is 5. The van der Waals surface area contributed by atoms with E-state index >= 15 is 0 Å². The van der Waals surface area contributed by atoms with Crippen LogP contribution in [0.2, 0.25) is 0 Å². The molecule has 0 atom stereocenters. The third kappa shape index (κ3) is 3.93. The third-order valence-electron chi connectivity index (χ3n) is 4.91. The molecule has 1 heterocycles. The third-order valence-corrected chi connectivity index (χ3v) is 4.91. The number of nitrogens with one attached hydrogen (secondary N) is 1. The second-order valence-electron chi connectivity index (χ2n) is 7.04. The van der Waals surface area contributed by atoms with Crippen LogP contribution in [-0.4, -0.2) is 48.8 Å². The van der Waals surface area contributed by atoms with Gasteiger partial charge in [0, 0.05) is 37.3 Å². The molecule has 2 fully saturated rings. The fourth-order valence-electron chi connectivity index (χ4n) is 3.52. The first kappa shape index (κ1) is 15.3. The molecule has 0 aromatic rings. The quantitative estimate of drug-likeness (QED) is 0.776. The molecule has 3 nitrogen and oxygen atoms in total. The number of ether oxygens (including phenoxy) is 1. The Labute approximate surface area is 119 Å². The van der Waals surface area contributed by atoms with E-state index in [1.54, 1.807) is 0 Å². The molecule has 2 rings (SSSR count). The second-order valence-corrected chi connectivity index (χ2v) is 7.04. The molecule has 1 aliphatic heterocycles. The van der Waals surface area contributed by atoms with Gasteiger partial charge in [0.25, 0.3) is 0 Å². The molecular formula is C16H32N2O. The van der Waals surface area contributed by atoms with Gasteiger partial charge in [-0.2, -0.15) is 0 Å². The van der Waals surface area contributed by atoms with Gasteiger partial charge in [-0.25, -0.2) is 0 Å². The van der Waals surface area contributed by atoms with Crippen LogP contribution in [0.4, 0.5) is 0 Å².